The summed E-state index contributed by atoms with van der Waals surface area (Å²) in [5, 5.41) is 0. The second-order valence-corrected chi connectivity index (χ2v) is 6.41. The van der Waals surface area contributed by atoms with Gasteiger partial charge in [0.1, 0.15) is 17.6 Å². The van der Waals surface area contributed by atoms with Crippen LogP contribution in [0, 0.1) is 5.82 Å². The maximum Gasteiger partial charge on any atom is 0.410 e. The van der Waals surface area contributed by atoms with Crippen molar-refractivity contribution in [2.45, 2.75) is 39.0 Å². The molecular weight excluding hydrogens is 288 g/mol. The summed E-state index contributed by atoms with van der Waals surface area (Å²) in [5.41, 5.74) is 0.781. The van der Waals surface area contributed by atoms with Crippen molar-refractivity contribution in [1.29, 1.82) is 0 Å². The van der Waals surface area contributed by atoms with Gasteiger partial charge in [-0.2, -0.15) is 0 Å². The smallest absolute Gasteiger partial charge is 0.410 e. The van der Waals surface area contributed by atoms with Crippen molar-refractivity contribution in [2.75, 3.05) is 13.1 Å². The van der Waals surface area contributed by atoms with Gasteiger partial charge in [0.05, 0.1) is 6.54 Å². The molecule has 1 amide bonds. The Hall–Kier alpha value is -1.91. The van der Waals surface area contributed by atoms with Crippen molar-refractivity contribution >= 4 is 12.2 Å². The van der Waals surface area contributed by atoms with Crippen molar-refractivity contribution in [2.24, 2.45) is 0 Å². The molecule has 0 N–H and O–H groups in total. The Morgan fingerprint density at radius 3 is 2.50 bits per heavy atom. The molecule has 0 aliphatic carbocycles. The molecule has 0 bridgehead atoms. The lowest BCUT2D eigenvalue weighted by atomic mass is 9.99. The molecule has 0 spiro atoms. The largest absolute Gasteiger partial charge is 0.444 e. The van der Waals surface area contributed by atoms with Crippen molar-refractivity contribution in [1.82, 2.24) is 4.90 Å². The van der Waals surface area contributed by atoms with Crippen LogP contribution in [0.3, 0.4) is 0 Å². The first-order valence-corrected chi connectivity index (χ1v) is 7.32. The minimum absolute atomic E-state index is 0.0120. The van der Waals surface area contributed by atoms with E-state index in [9.17, 15) is 13.6 Å². The second-order valence-electron chi connectivity index (χ2n) is 6.41. The van der Waals surface area contributed by atoms with Crippen molar-refractivity contribution in [3.63, 3.8) is 0 Å². The summed E-state index contributed by atoms with van der Waals surface area (Å²) in [6, 6.07) is 5.90. The van der Waals surface area contributed by atoms with Gasteiger partial charge in [-0.1, -0.05) is 18.2 Å². The van der Waals surface area contributed by atoms with Gasteiger partial charge in [-0.25, -0.2) is 13.6 Å². The zero-order valence-electron chi connectivity index (χ0n) is 13.1. The molecule has 5 heteroatoms. The molecule has 1 unspecified atom stereocenters. The highest BCUT2D eigenvalue weighted by atomic mass is 19.1. The van der Waals surface area contributed by atoms with Crippen molar-refractivity contribution < 1.29 is 18.3 Å². The molecular formula is C17H21F2NO2. The number of benzene rings is 1. The van der Waals surface area contributed by atoms with E-state index in [4.69, 9.17) is 4.74 Å². The van der Waals surface area contributed by atoms with Crippen LogP contribution in [0.25, 0.3) is 6.08 Å². The van der Waals surface area contributed by atoms with Crippen molar-refractivity contribution in [3.05, 3.63) is 41.2 Å². The highest BCUT2D eigenvalue weighted by molar-refractivity contribution is 5.69. The van der Waals surface area contributed by atoms with Gasteiger partial charge in [0.15, 0.2) is 0 Å². The quantitative estimate of drug-likeness (QED) is 0.778. The average molecular weight is 309 g/mol. The van der Waals surface area contributed by atoms with Crippen LogP contribution in [-0.4, -0.2) is 35.9 Å². The van der Waals surface area contributed by atoms with Crippen LogP contribution in [0.4, 0.5) is 13.6 Å². The molecule has 1 saturated heterocycles. The van der Waals surface area contributed by atoms with Gasteiger partial charge in [0, 0.05) is 6.54 Å². The Labute approximate surface area is 129 Å². The van der Waals surface area contributed by atoms with Crippen LogP contribution in [0.15, 0.2) is 29.8 Å². The molecule has 1 heterocycles. The summed E-state index contributed by atoms with van der Waals surface area (Å²) < 4.78 is 32.4. The van der Waals surface area contributed by atoms with Gasteiger partial charge in [-0.15, -0.1) is 0 Å². The van der Waals surface area contributed by atoms with E-state index in [0.29, 0.717) is 18.5 Å². The number of halogens is 2. The fourth-order valence-corrected chi connectivity index (χ4v) is 2.25. The molecule has 0 radical (unpaired) electrons. The van der Waals surface area contributed by atoms with Gasteiger partial charge in [0.2, 0.25) is 0 Å². The first-order valence-electron chi connectivity index (χ1n) is 7.32. The zero-order chi connectivity index (χ0) is 16.3. The number of nitrogens with zero attached hydrogens (tertiary/aromatic N) is 1. The molecule has 22 heavy (non-hydrogen) atoms. The van der Waals surface area contributed by atoms with Crippen LogP contribution in [-0.2, 0) is 4.74 Å². The number of carbonyl (C=O) groups is 1. The Kier molecular flexibility index (Phi) is 4.84. The Balaban J connectivity index is 2.01. The molecule has 0 saturated carbocycles. The fourth-order valence-electron chi connectivity index (χ4n) is 2.25. The minimum Gasteiger partial charge on any atom is -0.444 e. The number of alkyl halides is 1. The predicted molar refractivity (Wildman–Crippen MR) is 81.7 cm³/mol. The number of carbonyl (C=O) groups excluding carboxylic acids is 1. The molecule has 1 atom stereocenters. The van der Waals surface area contributed by atoms with E-state index in [-0.39, 0.29) is 12.4 Å². The number of ether oxygens (including phenoxy) is 1. The second kappa shape index (κ2) is 6.46. The summed E-state index contributed by atoms with van der Waals surface area (Å²) in [4.78, 5) is 13.3. The van der Waals surface area contributed by atoms with E-state index in [1.165, 1.54) is 17.0 Å². The number of piperidine rings is 1. The molecule has 1 aromatic rings. The van der Waals surface area contributed by atoms with E-state index < -0.39 is 17.9 Å². The summed E-state index contributed by atoms with van der Waals surface area (Å²) in [7, 11) is 0. The normalized spacial score (nSPS) is 21.0. The minimum atomic E-state index is -1.23. The fraction of sp³-hybridized carbons (Fsp3) is 0.471. The predicted octanol–water partition coefficient (Wildman–Crippen LogP) is 4.19. The van der Waals surface area contributed by atoms with E-state index >= 15 is 0 Å². The molecule has 3 nitrogen and oxygen atoms in total. The van der Waals surface area contributed by atoms with E-state index in [1.54, 1.807) is 39.0 Å². The summed E-state index contributed by atoms with van der Waals surface area (Å²) >= 11 is 0. The number of rotatable bonds is 1. The molecule has 1 aliphatic rings. The third kappa shape index (κ3) is 4.55. The topological polar surface area (TPSA) is 29.5 Å². The third-order valence-corrected chi connectivity index (χ3v) is 3.33. The SMILES string of the molecule is CC(C)(C)OC(=O)N1CCC(=Cc2ccc(F)cc2)C(F)C1. The molecule has 1 aromatic carbocycles. The lowest BCUT2D eigenvalue weighted by molar-refractivity contribution is 0.0186. The first-order chi connectivity index (χ1) is 10.2. The lowest BCUT2D eigenvalue weighted by Gasteiger charge is -2.32. The lowest BCUT2D eigenvalue weighted by Crippen LogP contribution is -2.44. The maximum absolute atomic E-state index is 14.3. The van der Waals surface area contributed by atoms with Crippen LogP contribution in [0.1, 0.15) is 32.8 Å². The average Bonchev–Trinajstić information content (AvgIpc) is 2.41. The number of amides is 1. The zero-order valence-corrected chi connectivity index (χ0v) is 13.1. The summed E-state index contributed by atoms with van der Waals surface area (Å²) in [6.07, 6.45) is 0.441. The summed E-state index contributed by atoms with van der Waals surface area (Å²) in [5.74, 6) is -0.321. The Morgan fingerprint density at radius 1 is 1.32 bits per heavy atom. The van der Waals surface area contributed by atoms with Gasteiger partial charge in [-0.3, -0.25) is 0 Å². The summed E-state index contributed by atoms with van der Waals surface area (Å²) in [6.45, 7) is 5.75. The Bertz CT molecular complexity index is 561. The maximum atomic E-state index is 14.3. The highest BCUT2D eigenvalue weighted by Gasteiger charge is 2.29. The van der Waals surface area contributed by atoms with E-state index in [2.05, 4.69) is 0 Å². The molecule has 120 valence electrons. The molecule has 0 aromatic heterocycles. The van der Waals surface area contributed by atoms with Crippen LogP contribution in [0.2, 0.25) is 0 Å². The first kappa shape index (κ1) is 16.5. The van der Waals surface area contributed by atoms with E-state index in [1.807, 2.05) is 0 Å². The molecule has 1 aliphatic heterocycles. The van der Waals surface area contributed by atoms with Gasteiger partial charge in [-0.05, 0) is 50.5 Å². The third-order valence-electron chi connectivity index (χ3n) is 3.33. The molecule has 1 fully saturated rings. The van der Waals surface area contributed by atoms with Gasteiger partial charge >= 0.3 is 6.09 Å². The monoisotopic (exact) mass is 309 g/mol. The number of likely N-dealkylation sites (tertiary alicyclic amines) is 1. The molecule has 2 rings (SSSR count). The van der Waals surface area contributed by atoms with E-state index in [0.717, 1.165) is 5.56 Å². The van der Waals surface area contributed by atoms with Crippen molar-refractivity contribution in [3.8, 4) is 0 Å². The van der Waals surface area contributed by atoms with Gasteiger partial charge < -0.3 is 9.64 Å². The standard InChI is InChI=1S/C17H21F2NO2/c1-17(2,3)22-16(21)20-9-8-13(15(19)11-20)10-12-4-6-14(18)7-5-12/h4-7,10,15H,8-9,11H2,1-3H3. The highest BCUT2D eigenvalue weighted by Crippen LogP contribution is 2.24. The Morgan fingerprint density at radius 2 is 1.95 bits per heavy atom. The van der Waals surface area contributed by atoms with Crippen LogP contribution in [0.5, 0.6) is 0 Å². The number of hydrogen-bond acceptors (Lipinski definition) is 2. The van der Waals surface area contributed by atoms with Gasteiger partial charge in [0.25, 0.3) is 0 Å². The van der Waals surface area contributed by atoms with Crippen LogP contribution >= 0.6 is 0 Å². The number of hydrogen-bond donors (Lipinski definition) is 0. The van der Waals surface area contributed by atoms with Crippen LogP contribution < -0.4 is 0 Å².